The van der Waals surface area contributed by atoms with Crippen LogP contribution in [0.3, 0.4) is 0 Å². The molecule has 0 aliphatic heterocycles. The first-order chi connectivity index (χ1) is 6.65. The van der Waals surface area contributed by atoms with E-state index in [0.29, 0.717) is 16.0 Å². The highest BCUT2D eigenvalue weighted by molar-refractivity contribution is 7.14. The molecule has 0 bridgehead atoms. The molecule has 2 heterocycles. The molecule has 0 fully saturated rings. The summed E-state index contributed by atoms with van der Waals surface area (Å²) in [7, 11) is 0. The van der Waals surface area contributed by atoms with Crippen molar-refractivity contribution in [3.05, 3.63) is 33.4 Å². The van der Waals surface area contributed by atoms with Crippen molar-refractivity contribution in [2.45, 2.75) is 6.92 Å². The second-order valence-corrected chi connectivity index (χ2v) is 4.52. The van der Waals surface area contributed by atoms with Crippen LogP contribution in [0.1, 0.15) is 5.69 Å². The molecule has 2 aromatic heterocycles. The summed E-state index contributed by atoms with van der Waals surface area (Å²) in [6.45, 7) is 1.88. The van der Waals surface area contributed by atoms with E-state index < -0.39 is 0 Å². The van der Waals surface area contributed by atoms with Gasteiger partial charge in [0.1, 0.15) is 5.15 Å². The molecule has 2 rings (SSSR count). The Morgan fingerprint density at radius 2 is 2.00 bits per heavy atom. The summed E-state index contributed by atoms with van der Waals surface area (Å²) in [5.74, 6) is 0.631. The first-order valence-corrected chi connectivity index (χ1v) is 5.54. The first kappa shape index (κ1) is 9.90. The number of thiophene rings is 1. The van der Waals surface area contributed by atoms with Gasteiger partial charge in [-0.3, -0.25) is 0 Å². The molecular formula is C9H6Cl2N2S. The summed E-state index contributed by atoms with van der Waals surface area (Å²) in [5.41, 5.74) is 0.851. The number of aromatic nitrogens is 2. The zero-order valence-corrected chi connectivity index (χ0v) is 9.62. The van der Waals surface area contributed by atoms with E-state index in [9.17, 15) is 0 Å². The predicted octanol–water partition coefficient (Wildman–Crippen LogP) is 3.82. The van der Waals surface area contributed by atoms with Gasteiger partial charge in [-0.05, 0) is 19.1 Å². The van der Waals surface area contributed by atoms with Gasteiger partial charge in [0, 0.05) is 11.1 Å². The molecular weight excluding hydrogens is 239 g/mol. The van der Waals surface area contributed by atoms with Crippen molar-refractivity contribution >= 4 is 34.5 Å². The maximum atomic E-state index is 5.83. The molecule has 72 valence electrons. The average Bonchev–Trinajstić information content (AvgIpc) is 2.50. The minimum absolute atomic E-state index is 0.456. The summed E-state index contributed by atoms with van der Waals surface area (Å²) in [6.07, 6.45) is 0. The van der Waals surface area contributed by atoms with Gasteiger partial charge in [-0.25, -0.2) is 9.97 Å². The molecule has 0 amide bonds. The Morgan fingerprint density at radius 1 is 1.21 bits per heavy atom. The summed E-state index contributed by atoms with van der Waals surface area (Å²) in [6, 6.07) is 3.55. The third-order valence-corrected chi connectivity index (χ3v) is 3.08. The Hall–Kier alpha value is -0.640. The van der Waals surface area contributed by atoms with Crippen molar-refractivity contribution in [3.8, 4) is 10.7 Å². The topological polar surface area (TPSA) is 25.8 Å². The van der Waals surface area contributed by atoms with Gasteiger partial charge in [-0.2, -0.15) is 0 Å². The van der Waals surface area contributed by atoms with Crippen molar-refractivity contribution in [2.24, 2.45) is 0 Å². The molecule has 0 unspecified atom stereocenters. The van der Waals surface area contributed by atoms with E-state index in [0.717, 1.165) is 10.6 Å². The molecule has 0 radical (unpaired) electrons. The monoisotopic (exact) mass is 244 g/mol. The molecule has 0 aromatic carbocycles. The van der Waals surface area contributed by atoms with Crippen LogP contribution in [-0.2, 0) is 0 Å². The van der Waals surface area contributed by atoms with Gasteiger partial charge >= 0.3 is 0 Å². The Bertz CT molecular complexity index is 447. The van der Waals surface area contributed by atoms with Gasteiger partial charge in [0.2, 0.25) is 0 Å². The predicted molar refractivity (Wildman–Crippen MR) is 60.1 cm³/mol. The minimum atomic E-state index is 0.456. The quantitative estimate of drug-likeness (QED) is 0.713. The van der Waals surface area contributed by atoms with E-state index in [1.54, 1.807) is 6.07 Å². The highest BCUT2D eigenvalue weighted by Crippen LogP contribution is 2.27. The van der Waals surface area contributed by atoms with Crippen molar-refractivity contribution in [1.82, 2.24) is 9.97 Å². The van der Waals surface area contributed by atoms with Crippen molar-refractivity contribution in [2.75, 3.05) is 0 Å². The molecule has 2 nitrogen and oxygen atoms in total. The average molecular weight is 245 g/mol. The summed E-state index contributed by atoms with van der Waals surface area (Å²) in [4.78, 5) is 9.33. The van der Waals surface area contributed by atoms with E-state index in [-0.39, 0.29) is 0 Å². The lowest BCUT2D eigenvalue weighted by Gasteiger charge is -1.98. The second kappa shape index (κ2) is 3.85. The second-order valence-electron chi connectivity index (χ2n) is 2.78. The van der Waals surface area contributed by atoms with E-state index >= 15 is 0 Å². The SMILES string of the molecule is Cc1cc(Cl)nc(-c2cc(Cl)cs2)n1. The first-order valence-electron chi connectivity index (χ1n) is 3.91. The molecule has 2 aromatic rings. The van der Waals surface area contributed by atoms with Crippen LogP contribution in [0.2, 0.25) is 10.2 Å². The largest absolute Gasteiger partial charge is 0.233 e. The number of hydrogen-bond donors (Lipinski definition) is 0. The van der Waals surface area contributed by atoms with E-state index in [4.69, 9.17) is 23.2 Å². The lowest BCUT2D eigenvalue weighted by atomic mass is 10.4. The van der Waals surface area contributed by atoms with Gasteiger partial charge in [0.15, 0.2) is 5.82 Å². The van der Waals surface area contributed by atoms with Crippen LogP contribution in [0.5, 0.6) is 0 Å². The fraction of sp³-hybridized carbons (Fsp3) is 0.111. The van der Waals surface area contributed by atoms with Gasteiger partial charge in [0.05, 0.1) is 9.90 Å². The Labute approximate surface area is 95.5 Å². The van der Waals surface area contributed by atoms with Crippen molar-refractivity contribution < 1.29 is 0 Å². The lowest BCUT2D eigenvalue weighted by Crippen LogP contribution is -1.89. The van der Waals surface area contributed by atoms with Gasteiger partial charge in [-0.15, -0.1) is 11.3 Å². The molecule has 0 atom stereocenters. The van der Waals surface area contributed by atoms with Crippen LogP contribution in [0.25, 0.3) is 10.7 Å². The van der Waals surface area contributed by atoms with Crippen molar-refractivity contribution in [3.63, 3.8) is 0 Å². The van der Waals surface area contributed by atoms with E-state index in [1.165, 1.54) is 11.3 Å². The Kier molecular flexibility index (Phi) is 2.72. The molecule has 14 heavy (non-hydrogen) atoms. The smallest absolute Gasteiger partial charge is 0.171 e. The zero-order chi connectivity index (χ0) is 10.1. The number of halogens is 2. The van der Waals surface area contributed by atoms with Gasteiger partial charge in [0.25, 0.3) is 0 Å². The van der Waals surface area contributed by atoms with E-state index in [1.807, 2.05) is 18.4 Å². The minimum Gasteiger partial charge on any atom is -0.233 e. The molecule has 0 saturated heterocycles. The van der Waals surface area contributed by atoms with Crippen molar-refractivity contribution in [1.29, 1.82) is 0 Å². The number of rotatable bonds is 1. The normalized spacial score (nSPS) is 10.5. The van der Waals surface area contributed by atoms with Crippen LogP contribution in [0.4, 0.5) is 0 Å². The summed E-state index contributed by atoms with van der Waals surface area (Å²) < 4.78 is 0. The fourth-order valence-electron chi connectivity index (χ4n) is 1.07. The zero-order valence-electron chi connectivity index (χ0n) is 7.29. The van der Waals surface area contributed by atoms with Crippen LogP contribution < -0.4 is 0 Å². The maximum absolute atomic E-state index is 5.83. The van der Waals surface area contributed by atoms with Crippen LogP contribution in [0, 0.1) is 6.92 Å². The number of aryl methyl sites for hydroxylation is 1. The van der Waals surface area contributed by atoms with Crippen LogP contribution in [0.15, 0.2) is 17.5 Å². The van der Waals surface area contributed by atoms with Crippen LogP contribution >= 0.6 is 34.5 Å². The number of hydrogen-bond acceptors (Lipinski definition) is 3. The highest BCUT2D eigenvalue weighted by atomic mass is 35.5. The molecule has 0 saturated carbocycles. The molecule has 0 aliphatic carbocycles. The van der Waals surface area contributed by atoms with Crippen LogP contribution in [-0.4, -0.2) is 9.97 Å². The van der Waals surface area contributed by atoms with E-state index in [2.05, 4.69) is 9.97 Å². The molecule has 0 N–H and O–H groups in total. The Morgan fingerprint density at radius 3 is 2.57 bits per heavy atom. The standard InChI is InChI=1S/C9H6Cl2N2S/c1-5-2-8(11)13-9(12-5)7-3-6(10)4-14-7/h2-4H,1H3. The summed E-state index contributed by atoms with van der Waals surface area (Å²) in [5, 5.41) is 3.00. The fourth-order valence-corrected chi connectivity index (χ4v) is 2.32. The highest BCUT2D eigenvalue weighted by Gasteiger charge is 2.06. The number of nitrogens with zero attached hydrogens (tertiary/aromatic N) is 2. The lowest BCUT2D eigenvalue weighted by molar-refractivity contribution is 1.12. The third kappa shape index (κ3) is 2.05. The summed E-state index contributed by atoms with van der Waals surface area (Å²) >= 11 is 13.1. The third-order valence-electron chi connectivity index (χ3n) is 1.61. The molecule has 0 aliphatic rings. The molecule has 0 spiro atoms. The maximum Gasteiger partial charge on any atom is 0.171 e. The molecule has 5 heteroatoms. The Balaban J connectivity index is 2.51. The van der Waals surface area contributed by atoms with Gasteiger partial charge in [-0.1, -0.05) is 23.2 Å². The van der Waals surface area contributed by atoms with Gasteiger partial charge < -0.3 is 0 Å².